The lowest BCUT2D eigenvalue weighted by Gasteiger charge is -2.20. The summed E-state index contributed by atoms with van der Waals surface area (Å²) >= 11 is 0. The summed E-state index contributed by atoms with van der Waals surface area (Å²) in [6, 6.07) is 12.9. The number of halogens is 1. The lowest BCUT2D eigenvalue weighted by Crippen LogP contribution is -2.14. The Morgan fingerprint density at radius 1 is 1.10 bits per heavy atom. The van der Waals surface area contributed by atoms with Gasteiger partial charge in [0.2, 0.25) is 0 Å². The molecule has 20 heavy (non-hydrogen) atoms. The largest absolute Gasteiger partial charge is 0.485 e. The van der Waals surface area contributed by atoms with Gasteiger partial charge >= 0.3 is 0 Å². The van der Waals surface area contributed by atoms with Gasteiger partial charge in [-0.1, -0.05) is 24.3 Å². The van der Waals surface area contributed by atoms with Gasteiger partial charge in [0, 0.05) is 6.42 Å². The third kappa shape index (κ3) is 3.36. The Morgan fingerprint density at radius 2 is 1.85 bits per heavy atom. The second-order valence-corrected chi connectivity index (χ2v) is 4.96. The van der Waals surface area contributed by atoms with Gasteiger partial charge in [-0.3, -0.25) is 0 Å². The second-order valence-electron chi connectivity index (χ2n) is 4.96. The summed E-state index contributed by atoms with van der Waals surface area (Å²) in [4.78, 5) is 0. The van der Waals surface area contributed by atoms with Gasteiger partial charge in [0.1, 0.15) is 17.7 Å². The van der Waals surface area contributed by atoms with Crippen LogP contribution >= 0.6 is 0 Å². The first-order valence-electron chi connectivity index (χ1n) is 6.80. The molecule has 0 spiro atoms. The maximum absolute atomic E-state index is 13.4. The van der Waals surface area contributed by atoms with Crippen LogP contribution in [0.2, 0.25) is 0 Å². The molecule has 2 rings (SSSR count). The number of rotatable bonds is 5. The van der Waals surface area contributed by atoms with Gasteiger partial charge in [0.15, 0.2) is 0 Å². The summed E-state index contributed by atoms with van der Waals surface area (Å²) in [5.41, 5.74) is 8.33. The summed E-state index contributed by atoms with van der Waals surface area (Å²) in [6.07, 6.45) is 0.541. The molecule has 2 aromatic carbocycles. The average molecular weight is 273 g/mol. The maximum atomic E-state index is 13.4. The van der Waals surface area contributed by atoms with E-state index in [2.05, 4.69) is 0 Å². The van der Waals surface area contributed by atoms with Crippen molar-refractivity contribution in [3.8, 4) is 5.75 Å². The van der Waals surface area contributed by atoms with Crippen LogP contribution in [0.3, 0.4) is 0 Å². The van der Waals surface area contributed by atoms with Crippen LogP contribution in [0, 0.1) is 19.7 Å². The predicted molar refractivity (Wildman–Crippen MR) is 79.4 cm³/mol. The zero-order valence-electron chi connectivity index (χ0n) is 11.9. The molecule has 0 aliphatic rings. The number of ether oxygens (including phenoxy) is 1. The van der Waals surface area contributed by atoms with Crippen molar-refractivity contribution in [2.45, 2.75) is 26.4 Å². The molecule has 2 nitrogen and oxygen atoms in total. The first-order valence-corrected chi connectivity index (χ1v) is 6.80. The molecular weight excluding hydrogens is 253 g/mol. The molecule has 0 saturated heterocycles. The van der Waals surface area contributed by atoms with Gasteiger partial charge in [-0.05, 0) is 55.3 Å². The van der Waals surface area contributed by atoms with E-state index in [0.717, 1.165) is 16.9 Å². The average Bonchev–Trinajstić information content (AvgIpc) is 2.44. The van der Waals surface area contributed by atoms with Crippen molar-refractivity contribution in [1.29, 1.82) is 0 Å². The van der Waals surface area contributed by atoms with E-state index in [9.17, 15) is 4.39 Å². The van der Waals surface area contributed by atoms with E-state index < -0.39 is 0 Å². The normalized spacial score (nSPS) is 12.2. The molecule has 0 bridgehead atoms. The molecule has 0 aliphatic heterocycles. The Kier molecular flexibility index (Phi) is 4.74. The van der Waals surface area contributed by atoms with Crippen LogP contribution in [0.25, 0.3) is 0 Å². The van der Waals surface area contributed by atoms with E-state index in [0.29, 0.717) is 18.5 Å². The van der Waals surface area contributed by atoms with E-state index in [1.165, 1.54) is 6.07 Å². The Morgan fingerprint density at radius 3 is 2.50 bits per heavy atom. The molecule has 0 radical (unpaired) electrons. The maximum Gasteiger partial charge on any atom is 0.126 e. The summed E-state index contributed by atoms with van der Waals surface area (Å²) in [5, 5.41) is 0. The highest BCUT2D eigenvalue weighted by molar-refractivity contribution is 5.33. The molecule has 2 aromatic rings. The molecule has 1 unspecified atom stereocenters. The van der Waals surface area contributed by atoms with Crippen LogP contribution < -0.4 is 10.5 Å². The third-order valence-electron chi connectivity index (χ3n) is 3.35. The van der Waals surface area contributed by atoms with Gasteiger partial charge in [-0.2, -0.15) is 0 Å². The van der Waals surface area contributed by atoms with E-state index in [-0.39, 0.29) is 11.9 Å². The fourth-order valence-corrected chi connectivity index (χ4v) is 2.16. The highest BCUT2D eigenvalue weighted by Gasteiger charge is 2.15. The molecule has 0 aliphatic carbocycles. The molecule has 0 aromatic heterocycles. The van der Waals surface area contributed by atoms with E-state index in [1.54, 1.807) is 13.0 Å². The molecule has 0 saturated carbocycles. The van der Waals surface area contributed by atoms with Crippen LogP contribution in [0.5, 0.6) is 5.75 Å². The van der Waals surface area contributed by atoms with Crippen molar-refractivity contribution in [3.63, 3.8) is 0 Å². The number of benzene rings is 2. The van der Waals surface area contributed by atoms with Gasteiger partial charge < -0.3 is 10.5 Å². The molecule has 2 N–H and O–H groups in total. The number of para-hydroxylation sites is 1. The number of hydrogen-bond acceptors (Lipinski definition) is 2. The van der Waals surface area contributed by atoms with Crippen molar-refractivity contribution in [2.75, 3.05) is 6.54 Å². The van der Waals surface area contributed by atoms with Crippen LogP contribution in [0.4, 0.5) is 4.39 Å². The lowest BCUT2D eigenvalue weighted by atomic mass is 10.0. The molecule has 106 valence electrons. The number of nitrogens with two attached hydrogens (primary N) is 1. The van der Waals surface area contributed by atoms with Gasteiger partial charge in [0.25, 0.3) is 0 Å². The fourth-order valence-electron chi connectivity index (χ4n) is 2.16. The van der Waals surface area contributed by atoms with E-state index in [4.69, 9.17) is 10.5 Å². The highest BCUT2D eigenvalue weighted by Crippen LogP contribution is 2.27. The van der Waals surface area contributed by atoms with Crippen LogP contribution in [-0.4, -0.2) is 6.54 Å². The Hall–Kier alpha value is -1.87. The van der Waals surface area contributed by atoms with Crippen molar-refractivity contribution < 1.29 is 9.13 Å². The topological polar surface area (TPSA) is 35.2 Å². The SMILES string of the molecule is Cc1cc(C(CCN)Oc2ccccc2C)ccc1F. The zero-order chi connectivity index (χ0) is 14.5. The molecular formula is C17H20FNO. The second kappa shape index (κ2) is 6.53. The minimum absolute atomic E-state index is 0.152. The molecule has 1 atom stereocenters. The van der Waals surface area contributed by atoms with Crippen molar-refractivity contribution in [2.24, 2.45) is 5.73 Å². The van der Waals surface area contributed by atoms with Gasteiger partial charge in [-0.25, -0.2) is 4.39 Å². The van der Waals surface area contributed by atoms with Crippen LogP contribution in [0.15, 0.2) is 42.5 Å². The summed E-state index contributed by atoms with van der Waals surface area (Å²) in [6.45, 7) is 4.28. The van der Waals surface area contributed by atoms with Gasteiger partial charge in [0.05, 0.1) is 0 Å². The van der Waals surface area contributed by atoms with Crippen LogP contribution in [0.1, 0.15) is 29.2 Å². The quantitative estimate of drug-likeness (QED) is 0.896. The summed E-state index contributed by atoms with van der Waals surface area (Å²) < 4.78 is 19.4. The zero-order valence-corrected chi connectivity index (χ0v) is 11.9. The summed E-state index contributed by atoms with van der Waals surface area (Å²) in [5.74, 6) is 0.643. The minimum atomic E-state index is -0.198. The number of aryl methyl sites for hydroxylation is 2. The predicted octanol–water partition coefficient (Wildman–Crippen LogP) is 3.91. The Balaban J connectivity index is 2.27. The third-order valence-corrected chi connectivity index (χ3v) is 3.35. The molecule has 0 fully saturated rings. The first-order chi connectivity index (χ1) is 9.61. The fraction of sp³-hybridized carbons (Fsp3) is 0.294. The van der Waals surface area contributed by atoms with Gasteiger partial charge in [-0.15, -0.1) is 0 Å². The smallest absolute Gasteiger partial charge is 0.126 e. The molecule has 0 heterocycles. The van der Waals surface area contributed by atoms with Crippen molar-refractivity contribution in [1.82, 2.24) is 0 Å². The molecule has 3 heteroatoms. The van der Waals surface area contributed by atoms with Crippen molar-refractivity contribution >= 4 is 0 Å². The monoisotopic (exact) mass is 273 g/mol. The highest BCUT2D eigenvalue weighted by atomic mass is 19.1. The number of hydrogen-bond donors (Lipinski definition) is 1. The van der Waals surface area contributed by atoms with E-state index >= 15 is 0 Å². The minimum Gasteiger partial charge on any atom is -0.485 e. The summed E-state index contributed by atoms with van der Waals surface area (Å²) in [7, 11) is 0. The van der Waals surface area contributed by atoms with E-state index in [1.807, 2.05) is 37.3 Å². The standard InChI is InChI=1S/C17H20FNO/c1-12-5-3-4-6-16(12)20-17(9-10-19)14-7-8-15(18)13(2)11-14/h3-8,11,17H,9-10,19H2,1-2H3. The van der Waals surface area contributed by atoms with Crippen LogP contribution in [-0.2, 0) is 0 Å². The lowest BCUT2D eigenvalue weighted by molar-refractivity contribution is 0.196. The first kappa shape index (κ1) is 14.5. The van der Waals surface area contributed by atoms with Crippen molar-refractivity contribution in [3.05, 3.63) is 65.0 Å². The Labute approximate surface area is 119 Å². The molecule has 0 amide bonds. The Bertz CT molecular complexity index is 583.